The Hall–Kier alpha value is -2.43. The highest BCUT2D eigenvalue weighted by molar-refractivity contribution is 5.87. The SMILES string of the molecule is [2H]C([2H])([2H])Oc1ncc(F)cc1-c1cc2ccncc2n1C([2H])([2H])[2H]. The Morgan fingerprint density at radius 1 is 1.37 bits per heavy atom. The minimum Gasteiger partial charge on any atom is -0.481 e. The van der Waals surface area contributed by atoms with Crippen molar-refractivity contribution in [3.8, 4) is 17.1 Å². The van der Waals surface area contributed by atoms with E-state index in [9.17, 15) is 4.39 Å². The van der Waals surface area contributed by atoms with E-state index in [1.165, 1.54) is 18.5 Å². The van der Waals surface area contributed by atoms with Gasteiger partial charge in [0.15, 0.2) is 0 Å². The fraction of sp³-hybridized carbons (Fsp3) is 0.143. The van der Waals surface area contributed by atoms with E-state index in [1.807, 2.05) is 0 Å². The number of aryl methyl sites for hydroxylation is 1. The van der Waals surface area contributed by atoms with Gasteiger partial charge in [0.2, 0.25) is 5.88 Å². The summed E-state index contributed by atoms with van der Waals surface area (Å²) >= 11 is 0. The van der Waals surface area contributed by atoms with Crippen molar-refractivity contribution in [3.63, 3.8) is 0 Å². The molecule has 3 rings (SSSR count). The minimum atomic E-state index is -2.82. The van der Waals surface area contributed by atoms with Crippen molar-refractivity contribution in [2.75, 3.05) is 7.04 Å². The van der Waals surface area contributed by atoms with Crippen LogP contribution in [0.1, 0.15) is 8.22 Å². The van der Waals surface area contributed by atoms with Crippen LogP contribution in [-0.2, 0) is 6.98 Å². The zero-order chi connectivity index (χ0) is 18.4. The number of pyridine rings is 2. The predicted molar refractivity (Wildman–Crippen MR) is 70.5 cm³/mol. The average molecular weight is 263 g/mol. The zero-order valence-corrected chi connectivity index (χ0v) is 9.59. The number of fused-ring (bicyclic) bond motifs is 1. The van der Waals surface area contributed by atoms with Crippen LogP contribution < -0.4 is 4.74 Å². The Balaban J connectivity index is 2.32. The number of nitrogens with zero attached hydrogens (tertiary/aromatic N) is 3. The van der Waals surface area contributed by atoms with Crippen molar-refractivity contribution >= 4 is 10.9 Å². The molecule has 3 heterocycles. The van der Waals surface area contributed by atoms with E-state index in [4.69, 9.17) is 13.0 Å². The van der Waals surface area contributed by atoms with Gasteiger partial charge in [0.1, 0.15) is 5.82 Å². The molecule has 0 atom stereocenters. The Kier molecular flexibility index (Phi) is 1.52. The molecule has 0 fully saturated rings. The summed E-state index contributed by atoms with van der Waals surface area (Å²) in [6.45, 7) is -2.61. The molecular weight excluding hydrogens is 245 g/mol. The lowest BCUT2D eigenvalue weighted by atomic mass is 10.2. The second kappa shape index (κ2) is 4.35. The van der Waals surface area contributed by atoms with Crippen LogP contribution in [0.25, 0.3) is 22.2 Å². The standard InChI is InChI=1S/C14H12FN3O/c1-18-12(5-9-3-4-16-8-13(9)18)11-6-10(15)7-17-14(11)19-2/h3-8H,1-2H3/i1D3,2D3. The number of aromatic nitrogens is 3. The van der Waals surface area contributed by atoms with Gasteiger partial charge in [-0.3, -0.25) is 4.98 Å². The molecule has 0 aliphatic rings. The van der Waals surface area contributed by atoms with Crippen LogP contribution in [-0.4, -0.2) is 21.6 Å². The van der Waals surface area contributed by atoms with Crippen molar-refractivity contribution in [2.45, 2.75) is 0 Å². The van der Waals surface area contributed by atoms with Gasteiger partial charge in [-0.05, 0) is 18.2 Å². The molecule has 0 aliphatic carbocycles. The van der Waals surface area contributed by atoms with Gasteiger partial charge in [-0.2, -0.15) is 0 Å². The van der Waals surface area contributed by atoms with Crippen LogP contribution in [0.4, 0.5) is 4.39 Å². The summed E-state index contributed by atoms with van der Waals surface area (Å²) in [6, 6.07) is 4.07. The maximum absolute atomic E-state index is 13.7. The second-order valence-electron chi connectivity index (χ2n) is 3.91. The lowest BCUT2D eigenvalue weighted by Crippen LogP contribution is -1.97. The summed E-state index contributed by atoms with van der Waals surface area (Å²) in [5, 5.41) is 0.546. The van der Waals surface area contributed by atoms with Crippen LogP contribution in [0, 0.1) is 5.82 Å². The minimum absolute atomic E-state index is 0.0502. The third-order valence-corrected chi connectivity index (χ3v) is 2.80. The topological polar surface area (TPSA) is 39.9 Å². The number of methoxy groups -OCH3 is 1. The fourth-order valence-corrected chi connectivity index (χ4v) is 1.94. The van der Waals surface area contributed by atoms with Crippen molar-refractivity contribution in [1.29, 1.82) is 0 Å². The normalized spacial score (nSPS) is 16.9. The largest absolute Gasteiger partial charge is 0.481 e. The molecule has 0 aromatic carbocycles. The van der Waals surface area contributed by atoms with Crippen molar-refractivity contribution < 1.29 is 17.4 Å². The Morgan fingerprint density at radius 3 is 3.16 bits per heavy atom. The molecule has 3 aromatic rings. The monoisotopic (exact) mass is 263 g/mol. The van der Waals surface area contributed by atoms with Gasteiger partial charge in [0.25, 0.3) is 0 Å². The highest BCUT2D eigenvalue weighted by Gasteiger charge is 2.14. The van der Waals surface area contributed by atoms with Gasteiger partial charge in [0, 0.05) is 22.7 Å². The third-order valence-electron chi connectivity index (χ3n) is 2.80. The molecule has 0 spiro atoms. The molecule has 5 heteroatoms. The summed E-state index contributed by atoms with van der Waals surface area (Å²) in [7, 11) is -2.82. The fourth-order valence-electron chi connectivity index (χ4n) is 1.94. The van der Waals surface area contributed by atoms with E-state index in [0.717, 1.165) is 16.8 Å². The zero-order valence-electron chi connectivity index (χ0n) is 15.6. The van der Waals surface area contributed by atoms with Crippen molar-refractivity contribution in [2.24, 2.45) is 6.98 Å². The van der Waals surface area contributed by atoms with Crippen molar-refractivity contribution in [1.82, 2.24) is 14.5 Å². The van der Waals surface area contributed by atoms with Gasteiger partial charge < -0.3 is 9.30 Å². The average Bonchev–Trinajstić information content (AvgIpc) is 2.87. The van der Waals surface area contributed by atoms with Crippen LogP contribution in [0.2, 0.25) is 0 Å². The lowest BCUT2D eigenvalue weighted by Gasteiger charge is -2.08. The van der Waals surface area contributed by atoms with Gasteiger partial charge in [-0.1, -0.05) is 0 Å². The molecule has 0 unspecified atom stereocenters. The summed E-state index contributed by atoms with van der Waals surface area (Å²) in [5.74, 6) is -1.14. The van der Waals surface area contributed by atoms with Crippen LogP contribution in [0.5, 0.6) is 5.88 Å². The summed E-state index contributed by atoms with van der Waals surface area (Å²) < 4.78 is 64.5. The Morgan fingerprint density at radius 2 is 2.32 bits per heavy atom. The van der Waals surface area contributed by atoms with Crippen LogP contribution in [0.3, 0.4) is 0 Å². The summed E-state index contributed by atoms with van der Waals surface area (Å²) in [6.07, 6.45) is 3.65. The third kappa shape index (κ3) is 1.83. The molecular formula is C14H12FN3O. The summed E-state index contributed by atoms with van der Waals surface area (Å²) in [5.41, 5.74) is 0.263. The first-order valence-electron chi connectivity index (χ1n) is 8.37. The Bertz CT molecular complexity index is 934. The van der Waals surface area contributed by atoms with Gasteiger partial charge in [0.05, 0.1) is 40.3 Å². The van der Waals surface area contributed by atoms with E-state index >= 15 is 0 Å². The number of halogens is 1. The number of ether oxygens (including phenoxy) is 1. The van der Waals surface area contributed by atoms with Crippen molar-refractivity contribution in [3.05, 3.63) is 42.6 Å². The van der Waals surface area contributed by atoms with Gasteiger partial charge in [-0.25, -0.2) is 9.37 Å². The van der Waals surface area contributed by atoms with E-state index in [-0.39, 0.29) is 17.1 Å². The van der Waals surface area contributed by atoms with Gasteiger partial charge >= 0.3 is 0 Å². The first-order valence-corrected chi connectivity index (χ1v) is 5.37. The molecule has 19 heavy (non-hydrogen) atoms. The number of hydrogen-bond donors (Lipinski definition) is 0. The maximum Gasteiger partial charge on any atom is 0.222 e. The highest BCUT2D eigenvalue weighted by Crippen LogP contribution is 2.32. The van der Waals surface area contributed by atoms with Gasteiger partial charge in [-0.15, -0.1) is 0 Å². The lowest BCUT2D eigenvalue weighted by molar-refractivity contribution is 0.397. The van der Waals surface area contributed by atoms with E-state index < -0.39 is 19.8 Å². The highest BCUT2D eigenvalue weighted by atomic mass is 19.1. The predicted octanol–water partition coefficient (Wildman–Crippen LogP) is 2.78. The number of rotatable bonds is 2. The van der Waals surface area contributed by atoms with E-state index in [2.05, 4.69) is 9.97 Å². The molecule has 96 valence electrons. The molecule has 0 radical (unpaired) electrons. The maximum atomic E-state index is 13.7. The first-order chi connectivity index (χ1) is 11.6. The quantitative estimate of drug-likeness (QED) is 0.713. The molecule has 0 saturated heterocycles. The molecule has 0 bridgehead atoms. The second-order valence-corrected chi connectivity index (χ2v) is 3.91. The molecule has 0 N–H and O–H groups in total. The Labute approximate surface area is 117 Å². The molecule has 0 amide bonds. The smallest absolute Gasteiger partial charge is 0.222 e. The molecule has 4 nitrogen and oxygen atoms in total. The number of hydrogen-bond acceptors (Lipinski definition) is 3. The van der Waals surface area contributed by atoms with Crippen LogP contribution >= 0.6 is 0 Å². The van der Waals surface area contributed by atoms with E-state index in [1.54, 1.807) is 6.07 Å². The van der Waals surface area contributed by atoms with E-state index in [0.29, 0.717) is 10.9 Å². The first kappa shape index (κ1) is 6.65. The molecule has 3 aromatic heterocycles. The molecule has 0 saturated carbocycles. The molecule has 0 aliphatic heterocycles. The van der Waals surface area contributed by atoms with Crippen LogP contribution in [0.15, 0.2) is 36.8 Å². The summed E-state index contributed by atoms with van der Waals surface area (Å²) in [4.78, 5) is 7.58.